The number of hydrogen-bond donors (Lipinski definition) is 3. The molecule has 0 saturated heterocycles. The maximum absolute atomic E-state index is 11.2. The lowest BCUT2D eigenvalue weighted by Gasteiger charge is -2.06. The topological polar surface area (TPSA) is 125 Å². The first-order valence-electron chi connectivity index (χ1n) is 5.07. The summed E-state index contributed by atoms with van der Waals surface area (Å²) in [5.41, 5.74) is 0.155. The first-order chi connectivity index (χ1) is 9.14. The Bertz CT molecular complexity index is 755. The zero-order valence-electron chi connectivity index (χ0n) is 10.1. The average molecular weight is 411 g/mol. The summed E-state index contributed by atoms with van der Waals surface area (Å²) in [5, 5.41) is 17.3. The predicted octanol–water partition coefficient (Wildman–Crippen LogP) is 1.88. The summed E-state index contributed by atoms with van der Waals surface area (Å²) in [5.74, 6) is -0.927. The third-order valence-electron chi connectivity index (χ3n) is 2.06. The fraction of sp³-hybridized carbons (Fsp3) is 0.0909. The van der Waals surface area contributed by atoms with Crippen LogP contribution in [0.25, 0.3) is 10.9 Å². The molecule has 9 heteroatoms. The second-order valence-electron chi connectivity index (χ2n) is 3.60. The van der Waals surface area contributed by atoms with Gasteiger partial charge in [-0.1, -0.05) is 0 Å². The normalized spacial score (nSPS) is 10.8. The molecule has 0 aliphatic heterocycles. The SMILES string of the molecule is CC(=O)O.O=S(=O)(O)c1cc(I)c(O)c2ncccc12. The van der Waals surface area contributed by atoms with Crippen molar-refractivity contribution in [2.24, 2.45) is 0 Å². The van der Waals surface area contributed by atoms with Gasteiger partial charge in [-0.05, 0) is 40.8 Å². The van der Waals surface area contributed by atoms with Crippen LogP contribution in [0, 0.1) is 3.57 Å². The van der Waals surface area contributed by atoms with Crippen LogP contribution in [-0.4, -0.2) is 34.1 Å². The molecule has 0 radical (unpaired) electrons. The van der Waals surface area contributed by atoms with Crippen LogP contribution in [-0.2, 0) is 14.9 Å². The molecule has 3 N–H and O–H groups in total. The highest BCUT2D eigenvalue weighted by Crippen LogP contribution is 2.32. The number of halogens is 1. The van der Waals surface area contributed by atoms with Crippen molar-refractivity contribution in [2.75, 3.05) is 0 Å². The molecular formula is C11H10INO6S. The predicted molar refractivity (Wildman–Crippen MR) is 79.2 cm³/mol. The standard InChI is InChI=1S/C9H6INO4S.C2H4O2/c10-6-4-7(16(13,14)15)5-2-1-3-11-8(5)9(6)12;1-2(3)4/h1-4,12H,(H,13,14,15);1H3,(H,3,4). The van der Waals surface area contributed by atoms with Crippen molar-refractivity contribution in [1.29, 1.82) is 0 Å². The van der Waals surface area contributed by atoms with E-state index in [0.29, 0.717) is 3.57 Å². The highest BCUT2D eigenvalue weighted by molar-refractivity contribution is 14.1. The Balaban J connectivity index is 0.000000444. The Morgan fingerprint density at radius 1 is 1.40 bits per heavy atom. The summed E-state index contributed by atoms with van der Waals surface area (Å²) in [6.07, 6.45) is 1.44. The lowest BCUT2D eigenvalue weighted by atomic mass is 10.2. The van der Waals surface area contributed by atoms with Crippen LogP contribution in [0.15, 0.2) is 29.3 Å². The maximum Gasteiger partial charge on any atom is 0.300 e. The third-order valence-corrected chi connectivity index (χ3v) is 3.78. The van der Waals surface area contributed by atoms with Gasteiger partial charge in [0.1, 0.15) is 10.4 Å². The molecule has 1 aromatic carbocycles. The Kier molecular flexibility index (Phi) is 5.25. The van der Waals surface area contributed by atoms with E-state index in [1.54, 1.807) is 22.6 Å². The summed E-state index contributed by atoms with van der Waals surface area (Å²) in [6, 6.07) is 4.21. The van der Waals surface area contributed by atoms with Gasteiger partial charge in [0.25, 0.3) is 16.1 Å². The molecule has 0 spiro atoms. The van der Waals surface area contributed by atoms with Crippen LogP contribution < -0.4 is 0 Å². The van der Waals surface area contributed by atoms with Gasteiger partial charge in [0, 0.05) is 18.5 Å². The number of carboxylic acids is 1. The average Bonchev–Trinajstić information content (AvgIpc) is 2.32. The number of phenols is 1. The number of hydrogen-bond acceptors (Lipinski definition) is 5. The number of fused-ring (bicyclic) bond motifs is 1. The van der Waals surface area contributed by atoms with Gasteiger partial charge in [0.05, 0.1) is 3.57 Å². The van der Waals surface area contributed by atoms with Gasteiger partial charge in [-0.25, -0.2) is 0 Å². The summed E-state index contributed by atoms with van der Waals surface area (Å²) < 4.78 is 31.7. The number of phenolic OH excluding ortho intramolecular Hbond substituents is 1. The van der Waals surface area contributed by atoms with Gasteiger partial charge in [-0.3, -0.25) is 14.3 Å². The molecule has 0 aliphatic rings. The van der Waals surface area contributed by atoms with E-state index >= 15 is 0 Å². The van der Waals surface area contributed by atoms with Crippen molar-refractivity contribution in [1.82, 2.24) is 4.98 Å². The van der Waals surface area contributed by atoms with E-state index in [2.05, 4.69) is 4.98 Å². The monoisotopic (exact) mass is 411 g/mol. The smallest absolute Gasteiger partial charge is 0.300 e. The van der Waals surface area contributed by atoms with E-state index in [9.17, 15) is 13.5 Å². The van der Waals surface area contributed by atoms with Gasteiger partial charge in [-0.2, -0.15) is 8.42 Å². The zero-order valence-corrected chi connectivity index (χ0v) is 13.1. The first-order valence-corrected chi connectivity index (χ1v) is 7.59. The molecule has 0 atom stereocenters. The van der Waals surface area contributed by atoms with Crippen LogP contribution in [0.4, 0.5) is 0 Å². The molecule has 20 heavy (non-hydrogen) atoms. The number of aliphatic carboxylic acids is 1. The molecular weight excluding hydrogens is 401 g/mol. The van der Waals surface area contributed by atoms with E-state index in [0.717, 1.165) is 6.92 Å². The molecule has 0 fully saturated rings. The van der Waals surface area contributed by atoms with Crippen molar-refractivity contribution in [3.05, 3.63) is 28.0 Å². The number of rotatable bonds is 1. The lowest BCUT2D eigenvalue weighted by molar-refractivity contribution is -0.134. The minimum absolute atomic E-state index is 0.0939. The number of carboxylic acid groups (broad SMARTS) is 1. The molecule has 7 nitrogen and oxygen atoms in total. The molecule has 108 valence electrons. The van der Waals surface area contributed by atoms with Gasteiger partial charge >= 0.3 is 0 Å². The molecule has 2 rings (SSSR count). The number of aromatic hydroxyl groups is 1. The number of pyridine rings is 1. The molecule has 0 amide bonds. The van der Waals surface area contributed by atoms with Crippen molar-refractivity contribution in [2.45, 2.75) is 11.8 Å². The quantitative estimate of drug-likeness (QED) is 0.484. The van der Waals surface area contributed by atoms with Crippen LogP contribution in [0.1, 0.15) is 6.92 Å². The van der Waals surface area contributed by atoms with Gasteiger partial charge in [0.15, 0.2) is 5.75 Å². The van der Waals surface area contributed by atoms with Crippen LogP contribution >= 0.6 is 22.6 Å². The van der Waals surface area contributed by atoms with Crippen molar-refractivity contribution < 1.29 is 28.0 Å². The van der Waals surface area contributed by atoms with Crippen LogP contribution in [0.2, 0.25) is 0 Å². The number of nitrogens with zero attached hydrogens (tertiary/aromatic N) is 1. The summed E-state index contributed by atoms with van der Waals surface area (Å²) >= 11 is 1.77. The van der Waals surface area contributed by atoms with Crippen LogP contribution in [0.5, 0.6) is 5.75 Å². The first kappa shape index (κ1) is 16.6. The molecule has 0 unspecified atom stereocenters. The van der Waals surface area contributed by atoms with E-state index in [-0.39, 0.29) is 21.5 Å². The molecule has 1 heterocycles. The van der Waals surface area contributed by atoms with E-state index in [1.807, 2.05) is 0 Å². The van der Waals surface area contributed by atoms with Crippen molar-refractivity contribution in [3.8, 4) is 5.75 Å². The molecule has 0 bridgehead atoms. The lowest BCUT2D eigenvalue weighted by Crippen LogP contribution is -2.00. The molecule has 0 saturated carbocycles. The Labute approximate surface area is 128 Å². The van der Waals surface area contributed by atoms with Crippen molar-refractivity contribution >= 4 is 49.6 Å². The fourth-order valence-corrected chi connectivity index (χ4v) is 2.87. The molecule has 2 aromatic rings. The Morgan fingerprint density at radius 2 is 1.95 bits per heavy atom. The highest BCUT2D eigenvalue weighted by atomic mass is 127. The Morgan fingerprint density at radius 3 is 2.45 bits per heavy atom. The summed E-state index contributed by atoms with van der Waals surface area (Å²) in [7, 11) is -4.32. The van der Waals surface area contributed by atoms with Gasteiger partial charge < -0.3 is 10.2 Å². The second kappa shape index (κ2) is 6.33. The molecule has 1 aromatic heterocycles. The maximum atomic E-state index is 11.2. The third kappa shape index (κ3) is 4.02. The van der Waals surface area contributed by atoms with Gasteiger partial charge in [0.2, 0.25) is 0 Å². The van der Waals surface area contributed by atoms with Crippen LogP contribution in [0.3, 0.4) is 0 Å². The number of benzene rings is 1. The van der Waals surface area contributed by atoms with E-state index in [1.165, 1.54) is 24.4 Å². The summed E-state index contributed by atoms with van der Waals surface area (Å²) in [6.45, 7) is 1.08. The minimum atomic E-state index is -4.32. The minimum Gasteiger partial charge on any atom is -0.505 e. The number of carbonyl (C=O) groups is 1. The second-order valence-corrected chi connectivity index (χ2v) is 6.15. The van der Waals surface area contributed by atoms with E-state index < -0.39 is 16.1 Å². The highest BCUT2D eigenvalue weighted by Gasteiger charge is 2.18. The van der Waals surface area contributed by atoms with Gasteiger partial charge in [-0.15, -0.1) is 0 Å². The number of aromatic nitrogens is 1. The molecule has 0 aliphatic carbocycles. The summed E-state index contributed by atoms with van der Waals surface area (Å²) in [4.78, 5) is 12.6. The fourth-order valence-electron chi connectivity index (χ4n) is 1.38. The van der Waals surface area contributed by atoms with E-state index in [4.69, 9.17) is 14.5 Å². The zero-order chi connectivity index (χ0) is 15.5. The van der Waals surface area contributed by atoms with Crippen molar-refractivity contribution in [3.63, 3.8) is 0 Å². The Hall–Kier alpha value is -1.46. The largest absolute Gasteiger partial charge is 0.505 e.